The molecule has 0 heterocycles. The fourth-order valence-corrected chi connectivity index (χ4v) is 4.73. The zero-order chi connectivity index (χ0) is 19.5. The lowest BCUT2D eigenvalue weighted by atomic mass is 9.74. The SMILES string of the molecule is Cc1cc(C2CC3CC2CC3CC(O)(C(F)(F)F)C(F)(F)F)ccc1O. The number of benzene rings is 1. The van der Waals surface area contributed by atoms with E-state index in [0.29, 0.717) is 18.4 Å². The Morgan fingerprint density at radius 3 is 2.04 bits per heavy atom. The third kappa shape index (κ3) is 3.06. The predicted octanol–water partition coefficient (Wildman–Crippen LogP) is 5.08. The molecule has 4 unspecified atom stereocenters. The Labute approximate surface area is 146 Å². The van der Waals surface area contributed by atoms with Crippen molar-refractivity contribution < 1.29 is 36.6 Å². The Balaban J connectivity index is 1.75. The minimum Gasteiger partial charge on any atom is -0.508 e. The Hall–Kier alpha value is -1.44. The predicted molar refractivity (Wildman–Crippen MR) is 81.6 cm³/mol. The number of fused-ring (bicyclic) bond motifs is 2. The molecule has 3 rings (SSSR count). The Morgan fingerprint density at radius 2 is 1.58 bits per heavy atom. The van der Waals surface area contributed by atoms with Gasteiger partial charge >= 0.3 is 12.4 Å². The molecule has 0 radical (unpaired) electrons. The van der Waals surface area contributed by atoms with E-state index in [1.807, 2.05) is 6.07 Å². The number of aromatic hydroxyl groups is 1. The Kier molecular flexibility index (Phi) is 4.49. The number of aliphatic hydroxyl groups is 1. The first-order valence-corrected chi connectivity index (χ1v) is 8.49. The molecule has 26 heavy (non-hydrogen) atoms. The lowest BCUT2D eigenvalue weighted by molar-refractivity contribution is -0.373. The first kappa shape index (κ1) is 19.3. The fraction of sp³-hybridized carbons (Fsp3) is 0.667. The second-order valence-electron chi connectivity index (χ2n) is 7.70. The van der Waals surface area contributed by atoms with Gasteiger partial charge in [-0.15, -0.1) is 0 Å². The van der Waals surface area contributed by atoms with Crippen molar-refractivity contribution in [3.8, 4) is 5.75 Å². The number of aryl methyl sites for hydroxylation is 1. The fourth-order valence-electron chi connectivity index (χ4n) is 4.73. The quantitative estimate of drug-likeness (QED) is 0.716. The molecule has 0 spiro atoms. The van der Waals surface area contributed by atoms with E-state index in [4.69, 9.17) is 0 Å². The molecule has 8 heteroatoms. The van der Waals surface area contributed by atoms with Gasteiger partial charge in [0.15, 0.2) is 0 Å². The molecule has 2 bridgehead atoms. The van der Waals surface area contributed by atoms with Crippen LogP contribution in [0.4, 0.5) is 26.3 Å². The number of phenols is 1. The van der Waals surface area contributed by atoms with Crippen LogP contribution in [0.2, 0.25) is 0 Å². The van der Waals surface area contributed by atoms with Crippen LogP contribution in [0.25, 0.3) is 0 Å². The third-order valence-corrected chi connectivity index (χ3v) is 6.15. The molecule has 0 aliphatic heterocycles. The molecule has 2 nitrogen and oxygen atoms in total. The standard InChI is InChI=1S/C18H20F6O2/c1-9-4-10(2-3-15(9)25)14-7-11-5-12(14)6-13(11)8-16(26,17(19,20)21)18(22,23)24/h2-4,11-14,25-26H,5-8H2,1H3. The van der Waals surface area contributed by atoms with Gasteiger partial charge in [0.25, 0.3) is 5.60 Å². The van der Waals surface area contributed by atoms with Crippen molar-refractivity contribution in [2.24, 2.45) is 17.8 Å². The molecule has 146 valence electrons. The van der Waals surface area contributed by atoms with Gasteiger partial charge in [-0.25, -0.2) is 0 Å². The van der Waals surface area contributed by atoms with Crippen LogP contribution in [-0.4, -0.2) is 28.2 Å². The largest absolute Gasteiger partial charge is 0.508 e. The topological polar surface area (TPSA) is 40.5 Å². The van der Waals surface area contributed by atoms with Gasteiger partial charge in [0.2, 0.25) is 0 Å². The Bertz CT molecular complexity index is 667. The molecular weight excluding hydrogens is 362 g/mol. The summed E-state index contributed by atoms with van der Waals surface area (Å²) in [5, 5.41) is 19.0. The number of phenolic OH excluding ortho intramolecular Hbond substituents is 1. The van der Waals surface area contributed by atoms with Crippen LogP contribution >= 0.6 is 0 Å². The molecule has 1 aromatic carbocycles. The van der Waals surface area contributed by atoms with Crippen molar-refractivity contribution in [2.75, 3.05) is 0 Å². The van der Waals surface area contributed by atoms with E-state index in [1.54, 1.807) is 19.1 Å². The van der Waals surface area contributed by atoms with Crippen molar-refractivity contribution in [2.45, 2.75) is 56.5 Å². The smallest absolute Gasteiger partial charge is 0.426 e. The van der Waals surface area contributed by atoms with E-state index < -0.39 is 30.3 Å². The van der Waals surface area contributed by atoms with Crippen molar-refractivity contribution in [1.29, 1.82) is 0 Å². The number of halogens is 6. The Morgan fingerprint density at radius 1 is 0.962 bits per heavy atom. The van der Waals surface area contributed by atoms with Gasteiger partial charge in [-0.1, -0.05) is 12.1 Å². The lowest BCUT2D eigenvalue weighted by Gasteiger charge is -2.37. The van der Waals surface area contributed by atoms with E-state index in [0.717, 1.165) is 5.56 Å². The highest BCUT2D eigenvalue weighted by Crippen LogP contribution is 2.59. The highest BCUT2D eigenvalue weighted by atomic mass is 19.4. The summed E-state index contributed by atoms with van der Waals surface area (Å²) in [6.45, 7) is 1.74. The molecule has 2 saturated carbocycles. The van der Waals surface area contributed by atoms with E-state index in [1.165, 1.54) is 0 Å². The highest BCUT2D eigenvalue weighted by Gasteiger charge is 2.71. The van der Waals surface area contributed by atoms with Crippen molar-refractivity contribution in [3.05, 3.63) is 29.3 Å². The summed E-state index contributed by atoms with van der Waals surface area (Å²) in [5.41, 5.74) is -3.02. The van der Waals surface area contributed by atoms with E-state index in [2.05, 4.69) is 0 Å². The van der Waals surface area contributed by atoms with E-state index in [-0.39, 0.29) is 29.9 Å². The zero-order valence-corrected chi connectivity index (χ0v) is 14.0. The van der Waals surface area contributed by atoms with Gasteiger partial charge in [-0.3, -0.25) is 0 Å². The van der Waals surface area contributed by atoms with Crippen LogP contribution in [-0.2, 0) is 0 Å². The van der Waals surface area contributed by atoms with Crippen molar-refractivity contribution in [1.82, 2.24) is 0 Å². The summed E-state index contributed by atoms with van der Waals surface area (Å²) in [6, 6.07) is 5.13. The van der Waals surface area contributed by atoms with Crippen LogP contribution in [0.3, 0.4) is 0 Å². The molecule has 0 aromatic heterocycles. The van der Waals surface area contributed by atoms with Crippen molar-refractivity contribution >= 4 is 0 Å². The third-order valence-electron chi connectivity index (χ3n) is 6.15. The number of alkyl halides is 6. The molecule has 2 N–H and O–H groups in total. The molecule has 0 amide bonds. The van der Waals surface area contributed by atoms with Gasteiger partial charge in [0.05, 0.1) is 0 Å². The van der Waals surface area contributed by atoms with Crippen LogP contribution in [0.1, 0.15) is 42.7 Å². The molecular formula is C18H20F6O2. The zero-order valence-electron chi connectivity index (χ0n) is 14.0. The maximum atomic E-state index is 12.9. The molecule has 2 aliphatic rings. The van der Waals surface area contributed by atoms with Crippen LogP contribution in [0.15, 0.2) is 18.2 Å². The van der Waals surface area contributed by atoms with Crippen LogP contribution in [0.5, 0.6) is 5.75 Å². The second-order valence-corrected chi connectivity index (χ2v) is 7.70. The maximum Gasteiger partial charge on any atom is 0.426 e. The monoisotopic (exact) mass is 382 g/mol. The average molecular weight is 382 g/mol. The molecule has 2 aliphatic carbocycles. The number of hydrogen-bond acceptors (Lipinski definition) is 2. The maximum absolute atomic E-state index is 12.9. The van der Waals surface area contributed by atoms with Gasteiger partial charge < -0.3 is 10.2 Å². The molecule has 0 saturated heterocycles. The highest BCUT2D eigenvalue weighted by molar-refractivity contribution is 5.37. The normalized spacial score (nSPS) is 29.4. The summed E-state index contributed by atoms with van der Waals surface area (Å²) in [4.78, 5) is 0. The summed E-state index contributed by atoms with van der Waals surface area (Å²) in [7, 11) is 0. The van der Waals surface area contributed by atoms with Gasteiger partial charge in [-0.2, -0.15) is 26.3 Å². The first-order chi connectivity index (χ1) is 11.8. The summed E-state index contributed by atoms with van der Waals surface area (Å²) in [6.07, 6.45) is -11.5. The van der Waals surface area contributed by atoms with Crippen LogP contribution < -0.4 is 0 Å². The van der Waals surface area contributed by atoms with E-state index >= 15 is 0 Å². The number of rotatable bonds is 3. The van der Waals surface area contributed by atoms with Gasteiger partial charge in [-0.05, 0) is 73.5 Å². The minimum atomic E-state index is -5.75. The molecule has 2 fully saturated rings. The van der Waals surface area contributed by atoms with Crippen LogP contribution in [0, 0.1) is 24.7 Å². The minimum absolute atomic E-state index is 0.000315. The molecule has 4 atom stereocenters. The lowest BCUT2D eigenvalue weighted by Crippen LogP contribution is -2.58. The van der Waals surface area contributed by atoms with Gasteiger partial charge in [0, 0.05) is 0 Å². The second kappa shape index (κ2) is 6.04. The van der Waals surface area contributed by atoms with Crippen molar-refractivity contribution in [3.63, 3.8) is 0 Å². The summed E-state index contributed by atoms with van der Waals surface area (Å²) in [5.74, 6) is -0.853. The summed E-state index contributed by atoms with van der Waals surface area (Å²) < 4.78 is 77.6. The summed E-state index contributed by atoms with van der Waals surface area (Å²) >= 11 is 0. The van der Waals surface area contributed by atoms with Gasteiger partial charge in [0.1, 0.15) is 5.75 Å². The number of hydrogen-bond donors (Lipinski definition) is 2. The average Bonchev–Trinajstić information content (AvgIpc) is 3.07. The first-order valence-electron chi connectivity index (χ1n) is 8.49. The molecule has 1 aromatic rings. The van der Waals surface area contributed by atoms with E-state index in [9.17, 15) is 36.6 Å².